The van der Waals surface area contributed by atoms with E-state index in [1.165, 1.54) is 14.2 Å². The van der Waals surface area contributed by atoms with Gasteiger partial charge in [-0.2, -0.15) is 0 Å². The molecule has 9 nitrogen and oxygen atoms in total. The van der Waals surface area contributed by atoms with E-state index in [0.29, 0.717) is 44.2 Å². The van der Waals surface area contributed by atoms with Crippen LogP contribution in [-0.2, 0) is 28.6 Å². The van der Waals surface area contributed by atoms with Crippen LogP contribution in [-0.4, -0.2) is 69.8 Å². The van der Waals surface area contributed by atoms with E-state index >= 15 is 0 Å². The summed E-state index contributed by atoms with van der Waals surface area (Å²) in [6.45, 7) is 3.24. The summed E-state index contributed by atoms with van der Waals surface area (Å²) in [6, 6.07) is 7.03. The van der Waals surface area contributed by atoms with Gasteiger partial charge < -0.3 is 29.3 Å². The van der Waals surface area contributed by atoms with E-state index in [2.05, 4.69) is 19.7 Å². The maximum atomic E-state index is 13.0. The van der Waals surface area contributed by atoms with Crippen molar-refractivity contribution in [1.29, 1.82) is 0 Å². The van der Waals surface area contributed by atoms with Crippen molar-refractivity contribution in [3.63, 3.8) is 0 Å². The van der Waals surface area contributed by atoms with Crippen LogP contribution in [0.1, 0.15) is 6.42 Å². The summed E-state index contributed by atoms with van der Waals surface area (Å²) in [5.74, 6) is -1.42. The number of hydrogen-bond acceptors (Lipinski definition) is 8. The molecular weight excluding hydrogens is 390 g/mol. The average Bonchev–Trinajstić information content (AvgIpc) is 2.79. The van der Waals surface area contributed by atoms with Gasteiger partial charge in [-0.1, -0.05) is 6.08 Å². The lowest BCUT2D eigenvalue weighted by atomic mass is 10.1. The van der Waals surface area contributed by atoms with E-state index in [9.17, 15) is 14.4 Å². The third-order valence-corrected chi connectivity index (χ3v) is 4.83. The lowest BCUT2D eigenvalue weighted by molar-refractivity contribution is -0.138. The van der Waals surface area contributed by atoms with E-state index in [-0.39, 0.29) is 11.6 Å². The first kappa shape index (κ1) is 21.4. The van der Waals surface area contributed by atoms with Gasteiger partial charge in [0.2, 0.25) is 0 Å². The summed E-state index contributed by atoms with van der Waals surface area (Å²) < 4.78 is 14.6. The molecular formula is C21H25N3O6. The SMILES string of the molecule is COC(=O)/C=C(/Nc1ccc(N2CCC=C(N3CCOCC3)C2=O)cc1)C(=O)OC. The normalized spacial score (nSPS) is 17.3. The topological polar surface area (TPSA) is 97.4 Å². The van der Waals surface area contributed by atoms with Crippen LogP contribution in [0.25, 0.3) is 0 Å². The molecule has 2 heterocycles. The molecule has 0 atom stereocenters. The number of nitrogens with one attached hydrogen (secondary N) is 1. The molecule has 0 spiro atoms. The maximum absolute atomic E-state index is 13.0. The molecule has 0 radical (unpaired) electrons. The summed E-state index contributed by atoms with van der Waals surface area (Å²) in [4.78, 5) is 40.2. The fourth-order valence-electron chi connectivity index (χ4n) is 3.29. The van der Waals surface area contributed by atoms with Crippen LogP contribution in [0.5, 0.6) is 0 Å². The molecule has 9 heteroatoms. The van der Waals surface area contributed by atoms with Crippen LogP contribution in [0.15, 0.2) is 47.8 Å². The van der Waals surface area contributed by atoms with Gasteiger partial charge in [-0.15, -0.1) is 0 Å². The van der Waals surface area contributed by atoms with Crippen LogP contribution in [0.4, 0.5) is 11.4 Å². The Morgan fingerprint density at radius 3 is 2.40 bits per heavy atom. The highest BCUT2D eigenvalue weighted by Gasteiger charge is 2.28. The molecule has 1 fully saturated rings. The minimum Gasteiger partial charge on any atom is -0.466 e. The zero-order valence-electron chi connectivity index (χ0n) is 17.1. The lowest BCUT2D eigenvalue weighted by Crippen LogP contribution is -2.45. The Kier molecular flexibility index (Phi) is 7.08. The number of carbonyl (C=O) groups excluding carboxylic acids is 3. The smallest absolute Gasteiger partial charge is 0.354 e. The molecule has 0 aliphatic carbocycles. The number of rotatable bonds is 6. The summed E-state index contributed by atoms with van der Waals surface area (Å²) in [6.07, 6.45) is 3.78. The van der Waals surface area contributed by atoms with Crippen LogP contribution in [0.3, 0.4) is 0 Å². The van der Waals surface area contributed by atoms with Crippen LogP contribution in [0, 0.1) is 0 Å². The summed E-state index contributed by atoms with van der Waals surface area (Å²) in [5.41, 5.74) is 1.97. The molecule has 30 heavy (non-hydrogen) atoms. The first-order valence-corrected chi connectivity index (χ1v) is 9.63. The number of ether oxygens (including phenoxy) is 3. The highest BCUT2D eigenvalue weighted by atomic mass is 16.5. The largest absolute Gasteiger partial charge is 0.466 e. The number of hydrogen-bond donors (Lipinski definition) is 1. The Morgan fingerprint density at radius 2 is 1.77 bits per heavy atom. The van der Waals surface area contributed by atoms with E-state index in [1.54, 1.807) is 29.2 Å². The van der Waals surface area contributed by atoms with Gasteiger partial charge in [0, 0.05) is 31.0 Å². The predicted molar refractivity (Wildman–Crippen MR) is 110 cm³/mol. The molecule has 1 N–H and O–H groups in total. The third-order valence-electron chi connectivity index (χ3n) is 4.83. The monoisotopic (exact) mass is 415 g/mol. The van der Waals surface area contributed by atoms with Gasteiger partial charge in [0.15, 0.2) is 0 Å². The molecule has 2 aliphatic rings. The molecule has 3 rings (SSSR count). The number of morpholine rings is 1. The molecule has 0 bridgehead atoms. The zero-order chi connectivity index (χ0) is 21.5. The molecule has 160 valence electrons. The zero-order valence-corrected chi connectivity index (χ0v) is 17.1. The Balaban J connectivity index is 1.72. The van der Waals surface area contributed by atoms with Crippen molar-refractivity contribution in [2.24, 2.45) is 0 Å². The maximum Gasteiger partial charge on any atom is 0.354 e. The highest BCUT2D eigenvalue weighted by molar-refractivity contribution is 6.06. The van der Waals surface area contributed by atoms with E-state index in [0.717, 1.165) is 18.2 Å². The van der Waals surface area contributed by atoms with Crippen molar-refractivity contribution in [3.05, 3.63) is 47.8 Å². The second-order valence-corrected chi connectivity index (χ2v) is 6.68. The molecule has 0 unspecified atom stereocenters. The molecule has 1 aromatic rings. The second-order valence-electron chi connectivity index (χ2n) is 6.68. The molecule has 1 aromatic carbocycles. The van der Waals surface area contributed by atoms with Crippen molar-refractivity contribution in [2.75, 3.05) is 57.3 Å². The van der Waals surface area contributed by atoms with Crippen molar-refractivity contribution in [2.45, 2.75) is 6.42 Å². The van der Waals surface area contributed by atoms with Gasteiger partial charge in [0.1, 0.15) is 5.70 Å². The van der Waals surface area contributed by atoms with E-state index in [4.69, 9.17) is 4.74 Å². The lowest BCUT2D eigenvalue weighted by Gasteiger charge is -2.35. The fraction of sp³-hybridized carbons (Fsp3) is 0.381. The summed E-state index contributed by atoms with van der Waals surface area (Å²) in [7, 11) is 2.44. The fourth-order valence-corrected chi connectivity index (χ4v) is 3.29. The van der Waals surface area contributed by atoms with Crippen molar-refractivity contribution in [1.82, 2.24) is 4.90 Å². The average molecular weight is 415 g/mol. The predicted octanol–water partition coefficient (Wildman–Crippen LogP) is 1.28. The van der Waals surface area contributed by atoms with Crippen molar-refractivity contribution in [3.8, 4) is 0 Å². The van der Waals surface area contributed by atoms with Crippen molar-refractivity contribution < 1.29 is 28.6 Å². The second kappa shape index (κ2) is 9.93. The van der Waals surface area contributed by atoms with Gasteiger partial charge in [-0.3, -0.25) is 4.79 Å². The number of benzene rings is 1. The third kappa shape index (κ3) is 4.98. The van der Waals surface area contributed by atoms with Gasteiger partial charge in [-0.05, 0) is 30.7 Å². The van der Waals surface area contributed by atoms with Gasteiger partial charge >= 0.3 is 11.9 Å². The van der Waals surface area contributed by atoms with E-state index < -0.39 is 11.9 Å². The van der Waals surface area contributed by atoms with Crippen LogP contribution >= 0.6 is 0 Å². The van der Waals surface area contributed by atoms with E-state index in [1.807, 2.05) is 6.08 Å². The summed E-state index contributed by atoms with van der Waals surface area (Å²) >= 11 is 0. The number of amides is 1. The molecule has 1 saturated heterocycles. The number of methoxy groups -OCH3 is 2. The number of anilines is 2. The van der Waals surface area contributed by atoms with Crippen LogP contribution in [0.2, 0.25) is 0 Å². The van der Waals surface area contributed by atoms with Gasteiger partial charge in [-0.25, -0.2) is 9.59 Å². The summed E-state index contributed by atoms with van der Waals surface area (Å²) in [5, 5.41) is 2.85. The number of nitrogens with zero attached hydrogens (tertiary/aromatic N) is 2. The number of esters is 2. The first-order chi connectivity index (χ1) is 14.5. The van der Waals surface area contributed by atoms with Crippen LogP contribution < -0.4 is 10.2 Å². The Labute approximate surface area is 174 Å². The Morgan fingerprint density at radius 1 is 1.07 bits per heavy atom. The molecule has 2 aliphatic heterocycles. The number of carbonyl (C=O) groups is 3. The molecule has 0 saturated carbocycles. The van der Waals surface area contributed by atoms with Gasteiger partial charge in [0.25, 0.3) is 5.91 Å². The Bertz CT molecular complexity index is 856. The standard InChI is InChI=1S/C21H25N3O6/c1-28-19(25)14-17(21(27)29-2)22-15-5-7-16(8-6-15)24-9-3-4-18(20(24)26)23-10-12-30-13-11-23/h4-8,14,22H,3,9-13H2,1-2H3/b17-14+. The van der Waals surface area contributed by atoms with Crippen molar-refractivity contribution >= 4 is 29.2 Å². The molecule has 1 amide bonds. The first-order valence-electron chi connectivity index (χ1n) is 9.63. The van der Waals surface area contributed by atoms with Gasteiger partial charge in [0.05, 0.1) is 39.2 Å². The minimum absolute atomic E-state index is 0.0373. The minimum atomic E-state index is -0.698. The quantitative estimate of drug-likeness (QED) is 0.548. The highest BCUT2D eigenvalue weighted by Crippen LogP contribution is 2.25. The molecule has 0 aromatic heterocycles. The Hall–Kier alpha value is -3.33.